The largest absolute Gasteiger partial charge is 0.486 e. The van der Waals surface area contributed by atoms with E-state index >= 15 is 0 Å². The van der Waals surface area contributed by atoms with Crippen molar-refractivity contribution in [3.8, 4) is 28.4 Å². The lowest BCUT2D eigenvalue weighted by Gasteiger charge is -2.19. The Kier molecular flexibility index (Phi) is 5.11. The van der Waals surface area contributed by atoms with Crippen LogP contribution in [-0.4, -0.2) is 30.9 Å². The van der Waals surface area contributed by atoms with Crippen LogP contribution in [0.5, 0.6) is 17.2 Å². The molecule has 4 rings (SSSR count). The van der Waals surface area contributed by atoms with Crippen LogP contribution in [0.4, 0.5) is 0 Å². The zero-order valence-electron chi connectivity index (χ0n) is 17.0. The molecule has 0 atom stereocenters. The molecule has 7 nitrogen and oxygen atoms in total. The van der Waals surface area contributed by atoms with Crippen LogP contribution >= 0.6 is 0 Å². The van der Waals surface area contributed by atoms with Gasteiger partial charge < -0.3 is 23.7 Å². The Morgan fingerprint density at radius 1 is 1.13 bits per heavy atom. The van der Waals surface area contributed by atoms with E-state index in [0.717, 1.165) is 5.56 Å². The maximum absolute atomic E-state index is 13.4. The average molecular weight is 410 g/mol. The van der Waals surface area contributed by atoms with Gasteiger partial charge in [-0.15, -0.1) is 0 Å². The lowest BCUT2D eigenvalue weighted by Crippen LogP contribution is -2.15. The van der Waals surface area contributed by atoms with Gasteiger partial charge in [0.15, 0.2) is 18.1 Å². The Balaban J connectivity index is 1.88. The molecule has 0 amide bonds. The first-order chi connectivity index (χ1) is 14.3. The van der Waals surface area contributed by atoms with Crippen LogP contribution in [0, 0.1) is 6.92 Å². The van der Waals surface area contributed by atoms with Gasteiger partial charge in [0.2, 0.25) is 5.43 Å². The number of fused-ring (bicyclic) bond motifs is 2. The summed E-state index contributed by atoms with van der Waals surface area (Å²) in [6, 6.07) is 8.70. The van der Waals surface area contributed by atoms with Crippen molar-refractivity contribution in [3.63, 3.8) is 0 Å². The third-order valence-electron chi connectivity index (χ3n) is 5.00. The summed E-state index contributed by atoms with van der Waals surface area (Å²) in [7, 11) is 0. The molecular weight excluding hydrogens is 388 g/mol. The molecule has 1 aliphatic heterocycles. The third-order valence-corrected chi connectivity index (χ3v) is 5.00. The van der Waals surface area contributed by atoms with E-state index in [0.29, 0.717) is 58.3 Å². The lowest BCUT2D eigenvalue weighted by molar-refractivity contribution is -0.139. The number of carbonyl (C=O) groups is 1. The summed E-state index contributed by atoms with van der Waals surface area (Å²) in [5, 5.41) is 9.35. The number of benzene rings is 2. The van der Waals surface area contributed by atoms with E-state index < -0.39 is 12.6 Å². The summed E-state index contributed by atoms with van der Waals surface area (Å²) in [4.78, 5) is 24.3. The van der Waals surface area contributed by atoms with Crippen LogP contribution in [0.25, 0.3) is 22.1 Å². The van der Waals surface area contributed by atoms with Crippen molar-refractivity contribution in [3.05, 3.63) is 51.9 Å². The van der Waals surface area contributed by atoms with Crippen molar-refractivity contribution in [2.75, 3.05) is 19.8 Å². The Labute approximate surface area is 172 Å². The lowest BCUT2D eigenvalue weighted by atomic mass is 9.97. The van der Waals surface area contributed by atoms with Crippen LogP contribution in [-0.2, 0) is 4.79 Å². The highest BCUT2D eigenvalue weighted by molar-refractivity contribution is 5.85. The molecule has 1 N–H and O–H groups in total. The smallest absolute Gasteiger partial charge is 0.341 e. The molecule has 1 aliphatic rings. The molecule has 2 aromatic carbocycles. The molecule has 30 heavy (non-hydrogen) atoms. The summed E-state index contributed by atoms with van der Waals surface area (Å²) in [6.07, 6.45) is 0. The van der Waals surface area contributed by atoms with E-state index in [1.165, 1.54) is 0 Å². The first kappa shape index (κ1) is 19.8. The Bertz CT molecular complexity index is 1190. The maximum atomic E-state index is 13.4. The van der Waals surface area contributed by atoms with Gasteiger partial charge in [0.05, 0.1) is 10.9 Å². The molecule has 0 unspecified atom stereocenters. The molecule has 0 saturated carbocycles. The minimum atomic E-state index is -1.07. The van der Waals surface area contributed by atoms with Gasteiger partial charge in [-0.2, -0.15) is 0 Å². The summed E-state index contributed by atoms with van der Waals surface area (Å²) in [5.74, 6) is 1.04. The van der Waals surface area contributed by atoms with Crippen molar-refractivity contribution in [2.45, 2.75) is 26.7 Å². The normalized spacial score (nSPS) is 12.9. The van der Waals surface area contributed by atoms with Crippen LogP contribution in [0.15, 0.2) is 39.5 Å². The minimum absolute atomic E-state index is 0.0247. The molecule has 1 aromatic heterocycles. The van der Waals surface area contributed by atoms with Gasteiger partial charge in [-0.25, -0.2) is 4.79 Å². The number of ether oxygens (including phenoxy) is 3. The third kappa shape index (κ3) is 3.58. The predicted octanol–water partition coefficient (Wildman–Crippen LogP) is 4.13. The molecule has 3 aromatic rings. The quantitative estimate of drug-likeness (QED) is 0.676. The molecule has 0 fully saturated rings. The fourth-order valence-electron chi connectivity index (χ4n) is 3.60. The van der Waals surface area contributed by atoms with Gasteiger partial charge in [-0.3, -0.25) is 4.79 Å². The highest BCUT2D eigenvalue weighted by Gasteiger charge is 2.20. The van der Waals surface area contributed by atoms with Gasteiger partial charge in [-0.05, 0) is 42.2 Å². The molecule has 0 bridgehead atoms. The maximum Gasteiger partial charge on any atom is 0.341 e. The Morgan fingerprint density at radius 2 is 1.87 bits per heavy atom. The number of hydrogen-bond donors (Lipinski definition) is 1. The number of hydrogen-bond acceptors (Lipinski definition) is 6. The standard InChI is InChI=1S/C23H22O7/c1-12(2)15-9-16-19(10-18(15)29-11-21(24)25)30-13(3)22(23(16)26)14-4-5-17-20(8-14)28-7-6-27-17/h4-5,8-10,12H,6-7,11H2,1-3H3,(H,24,25). The number of aliphatic carboxylic acids is 1. The minimum Gasteiger partial charge on any atom is -0.486 e. The zero-order chi connectivity index (χ0) is 21.4. The van der Waals surface area contributed by atoms with E-state index in [2.05, 4.69) is 0 Å². The van der Waals surface area contributed by atoms with E-state index in [9.17, 15) is 9.59 Å². The summed E-state index contributed by atoms with van der Waals surface area (Å²) in [6.45, 7) is 6.11. The highest BCUT2D eigenvalue weighted by atomic mass is 16.6. The number of carboxylic acids is 1. The molecule has 0 aliphatic carbocycles. The summed E-state index contributed by atoms with van der Waals surface area (Å²) in [5.41, 5.74) is 2.06. The number of carboxylic acid groups (broad SMARTS) is 1. The van der Waals surface area contributed by atoms with E-state index in [1.54, 1.807) is 31.2 Å². The second kappa shape index (κ2) is 7.74. The molecule has 2 heterocycles. The second-order valence-corrected chi connectivity index (χ2v) is 7.44. The van der Waals surface area contributed by atoms with Crippen molar-refractivity contribution in [1.82, 2.24) is 0 Å². The Morgan fingerprint density at radius 3 is 2.57 bits per heavy atom. The SMILES string of the molecule is Cc1oc2cc(OCC(=O)O)c(C(C)C)cc2c(=O)c1-c1ccc2c(c1)OCCO2. The molecular formula is C23H22O7. The van der Waals surface area contributed by atoms with Crippen LogP contribution in [0.2, 0.25) is 0 Å². The summed E-state index contributed by atoms with van der Waals surface area (Å²) >= 11 is 0. The second-order valence-electron chi connectivity index (χ2n) is 7.44. The fourth-order valence-corrected chi connectivity index (χ4v) is 3.60. The first-order valence-electron chi connectivity index (χ1n) is 9.71. The van der Waals surface area contributed by atoms with Crippen molar-refractivity contribution >= 4 is 16.9 Å². The summed E-state index contributed by atoms with van der Waals surface area (Å²) < 4.78 is 22.6. The average Bonchev–Trinajstić information content (AvgIpc) is 2.71. The first-order valence-corrected chi connectivity index (χ1v) is 9.71. The topological polar surface area (TPSA) is 95.2 Å². The molecule has 7 heteroatoms. The van der Waals surface area contributed by atoms with Crippen molar-refractivity contribution < 1.29 is 28.5 Å². The van der Waals surface area contributed by atoms with Crippen molar-refractivity contribution in [2.24, 2.45) is 0 Å². The van der Waals surface area contributed by atoms with Crippen LogP contribution in [0.3, 0.4) is 0 Å². The molecule has 0 spiro atoms. The fraction of sp³-hybridized carbons (Fsp3) is 0.304. The van der Waals surface area contributed by atoms with Crippen LogP contribution in [0.1, 0.15) is 31.1 Å². The molecule has 0 radical (unpaired) electrons. The highest BCUT2D eigenvalue weighted by Crippen LogP contribution is 2.36. The monoisotopic (exact) mass is 410 g/mol. The predicted molar refractivity (Wildman–Crippen MR) is 111 cm³/mol. The van der Waals surface area contributed by atoms with Gasteiger partial charge >= 0.3 is 5.97 Å². The zero-order valence-corrected chi connectivity index (χ0v) is 17.0. The number of rotatable bonds is 5. The van der Waals surface area contributed by atoms with E-state index in [4.69, 9.17) is 23.7 Å². The molecule has 0 saturated heterocycles. The van der Waals surface area contributed by atoms with Crippen LogP contribution < -0.4 is 19.6 Å². The van der Waals surface area contributed by atoms with Gasteiger partial charge in [-0.1, -0.05) is 19.9 Å². The van der Waals surface area contributed by atoms with E-state index in [-0.39, 0.29) is 11.3 Å². The molecule has 156 valence electrons. The van der Waals surface area contributed by atoms with Gasteiger partial charge in [0.25, 0.3) is 0 Å². The van der Waals surface area contributed by atoms with Crippen molar-refractivity contribution in [1.29, 1.82) is 0 Å². The van der Waals surface area contributed by atoms with E-state index in [1.807, 2.05) is 19.9 Å². The number of aryl methyl sites for hydroxylation is 1. The Hall–Kier alpha value is -3.48. The van der Waals surface area contributed by atoms with Gasteiger partial charge in [0, 0.05) is 6.07 Å². The van der Waals surface area contributed by atoms with Gasteiger partial charge in [0.1, 0.15) is 30.3 Å².